The fourth-order valence-corrected chi connectivity index (χ4v) is 4.10. The average molecular weight is 388 g/mol. The van der Waals surface area contributed by atoms with Gasteiger partial charge in [0.1, 0.15) is 5.69 Å². The van der Waals surface area contributed by atoms with Gasteiger partial charge in [-0.3, -0.25) is 14.5 Å². The Hall–Kier alpha value is -3.51. The number of nitrogens with one attached hydrogen (secondary N) is 1. The number of hydrogen-bond donors (Lipinski definition) is 1. The van der Waals surface area contributed by atoms with Crippen LogP contribution in [-0.4, -0.2) is 19.2 Å². The van der Waals surface area contributed by atoms with Crippen molar-refractivity contribution in [1.82, 2.24) is 4.98 Å². The Morgan fingerprint density at radius 2 is 1.46 bits per heavy atom. The minimum atomic E-state index is -3.82. The molecule has 0 bridgehead atoms. The van der Waals surface area contributed by atoms with Gasteiger partial charge < -0.3 is 0 Å². The van der Waals surface area contributed by atoms with Gasteiger partial charge in [-0.1, -0.05) is 54.6 Å². The molecule has 0 fully saturated rings. The van der Waals surface area contributed by atoms with Gasteiger partial charge >= 0.3 is 0 Å². The summed E-state index contributed by atoms with van der Waals surface area (Å²) in [6.45, 7) is 0. The first-order valence-corrected chi connectivity index (χ1v) is 10.1. The number of fused-ring (bicyclic) bond motifs is 1. The van der Waals surface area contributed by atoms with Gasteiger partial charge in [0.05, 0.1) is 10.6 Å². The number of sulfonamides is 1. The molecule has 0 amide bonds. The van der Waals surface area contributed by atoms with Crippen molar-refractivity contribution in [2.45, 2.75) is 4.90 Å². The summed E-state index contributed by atoms with van der Waals surface area (Å²) in [5.41, 5.74) is 0.737. The zero-order chi connectivity index (χ0) is 19.6. The number of carbonyl (C=O) groups excluding carboxylic acids is 1. The molecule has 0 aliphatic rings. The minimum Gasteiger partial charge on any atom is -0.287 e. The summed E-state index contributed by atoms with van der Waals surface area (Å²) in [6, 6.07) is 23.8. The number of benzene rings is 3. The van der Waals surface area contributed by atoms with Crippen LogP contribution in [0.3, 0.4) is 0 Å². The lowest BCUT2D eigenvalue weighted by Gasteiger charge is -2.12. The molecule has 0 atom stereocenters. The van der Waals surface area contributed by atoms with E-state index in [0.29, 0.717) is 0 Å². The molecule has 0 saturated heterocycles. The van der Waals surface area contributed by atoms with Crippen LogP contribution in [0.25, 0.3) is 10.8 Å². The van der Waals surface area contributed by atoms with Gasteiger partial charge in [-0.25, -0.2) is 8.42 Å². The van der Waals surface area contributed by atoms with Crippen LogP contribution in [0.4, 0.5) is 5.69 Å². The van der Waals surface area contributed by atoms with E-state index in [1.807, 2.05) is 30.3 Å². The molecule has 0 spiro atoms. The van der Waals surface area contributed by atoms with E-state index >= 15 is 0 Å². The number of anilines is 1. The maximum absolute atomic E-state index is 13.2. The Balaban J connectivity index is 1.77. The van der Waals surface area contributed by atoms with Crippen molar-refractivity contribution < 1.29 is 13.2 Å². The van der Waals surface area contributed by atoms with Crippen LogP contribution in [0.2, 0.25) is 0 Å². The summed E-state index contributed by atoms with van der Waals surface area (Å²) in [4.78, 5) is 17.6. The standard InChI is InChI=1S/C22H16N2O3S/c25-22(21-18-11-5-4-8-16(18)14-15-23-21)19-12-6-7-13-20(19)24-28(26,27)17-9-2-1-3-10-17/h1-15,24H. The third-order valence-electron chi connectivity index (χ3n) is 4.36. The number of rotatable bonds is 5. The fraction of sp³-hybridized carbons (Fsp3) is 0. The molecule has 1 N–H and O–H groups in total. The lowest BCUT2D eigenvalue weighted by atomic mass is 10.0. The Morgan fingerprint density at radius 3 is 2.29 bits per heavy atom. The molecule has 0 aliphatic carbocycles. The molecule has 0 aliphatic heterocycles. The highest BCUT2D eigenvalue weighted by Crippen LogP contribution is 2.25. The molecule has 5 nitrogen and oxygen atoms in total. The highest BCUT2D eigenvalue weighted by atomic mass is 32.2. The third-order valence-corrected chi connectivity index (χ3v) is 5.74. The summed E-state index contributed by atoms with van der Waals surface area (Å²) in [5.74, 6) is -0.344. The molecule has 4 aromatic rings. The van der Waals surface area contributed by atoms with Gasteiger partial charge in [-0.15, -0.1) is 0 Å². The van der Waals surface area contributed by atoms with Gasteiger partial charge in [0.2, 0.25) is 5.78 Å². The highest BCUT2D eigenvalue weighted by Gasteiger charge is 2.21. The normalized spacial score (nSPS) is 11.3. The van der Waals surface area contributed by atoms with Crippen molar-refractivity contribution in [3.63, 3.8) is 0 Å². The minimum absolute atomic E-state index is 0.125. The second-order valence-corrected chi connectivity index (χ2v) is 7.86. The van der Waals surface area contributed by atoms with E-state index in [9.17, 15) is 13.2 Å². The molecule has 0 radical (unpaired) electrons. The van der Waals surface area contributed by atoms with E-state index in [2.05, 4.69) is 9.71 Å². The summed E-state index contributed by atoms with van der Waals surface area (Å²) in [6.07, 6.45) is 1.58. The maximum Gasteiger partial charge on any atom is 0.261 e. The number of hydrogen-bond acceptors (Lipinski definition) is 4. The molecule has 1 heterocycles. The quantitative estimate of drug-likeness (QED) is 0.518. The molecule has 6 heteroatoms. The van der Waals surface area contributed by atoms with Crippen molar-refractivity contribution in [2.24, 2.45) is 0 Å². The van der Waals surface area contributed by atoms with Crippen molar-refractivity contribution in [2.75, 3.05) is 4.72 Å². The molecule has 0 saturated carbocycles. The molecule has 1 aromatic heterocycles. The van der Waals surface area contributed by atoms with Crippen LogP contribution < -0.4 is 4.72 Å². The molecule has 28 heavy (non-hydrogen) atoms. The van der Waals surface area contributed by atoms with Crippen molar-refractivity contribution >= 4 is 32.3 Å². The summed E-state index contributed by atoms with van der Waals surface area (Å²) in [5, 5.41) is 1.61. The largest absolute Gasteiger partial charge is 0.287 e. The third kappa shape index (κ3) is 3.37. The lowest BCUT2D eigenvalue weighted by Crippen LogP contribution is -2.16. The molecule has 3 aromatic carbocycles. The summed E-state index contributed by atoms with van der Waals surface area (Å²) in [7, 11) is -3.82. The molecule has 4 rings (SSSR count). The van der Waals surface area contributed by atoms with Crippen LogP contribution in [0.1, 0.15) is 16.1 Å². The van der Waals surface area contributed by atoms with Crippen LogP contribution in [0.15, 0.2) is 96.0 Å². The van der Waals surface area contributed by atoms with Crippen molar-refractivity contribution in [1.29, 1.82) is 0 Å². The predicted octanol–water partition coefficient (Wildman–Crippen LogP) is 4.27. The molecule has 0 unspecified atom stereocenters. The Bertz CT molecular complexity index is 1260. The van der Waals surface area contributed by atoms with Gasteiger partial charge in [-0.2, -0.15) is 0 Å². The van der Waals surface area contributed by atoms with Gasteiger partial charge in [0.25, 0.3) is 10.0 Å². The topological polar surface area (TPSA) is 76.1 Å². The van der Waals surface area contributed by atoms with E-state index < -0.39 is 10.0 Å². The van der Waals surface area contributed by atoms with E-state index in [0.717, 1.165) is 10.8 Å². The molecular weight excluding hydrogens is 372 g/mol. The summed E-state index contributed by atoms with van der Waals surface area (Å²) >= 11 is 0. The predicted molar refractivity (Wildman–Crippen MR) is 109 cm³/mol. The second-order valence-electron chi connectivity index (χ2n) is 6.17. The lowest BCUT2D eigenvalue weighted by molar-refractivity contribution is 0.103. The van der Waals surface area contributed by atoms with E-state index in [-0.39, 0.29) is 27.6 Å². The van der Waals surface area contributed by atoms with Crippen LogP contribution in [0, 0.1) is 0 Å². The summed E-state index contributed by atoms with van der Waals surface area (Å²) < 4.78 is 27.9. The van der Waals surface area contributed by atoms with E-state index in [1.165, 1.54) is 12.1 Å². The van der Waals surface area contributed by atoms with Gasteiger partial charge in [-0.05, 0) is 35.7 Å². The fourth-order valence-electron chi connectivity index (χ4n) is 3.00. The first-order chi connectivity index (χ1) is 13.6. The Kier molecular flexibility index (Phi) is 4.63. The Morgan fingerprint density at radius 1 is 0.786 bits per heavy atom. The number of carbonyl (C=O) groups is 1. The van der Waals surface area contributed by atoms with Gasteiger partial charge in [0.15, 0.2) is 0 Å². The number of ketones is 1. The van der Waals surface area contributed by atoms with Crippen molar-refractivity contribution in [3.8, 4) is 0 Å². The highest BCUT2D eigenvalue weighted by molar-refractivity contribution is 7.92. The van der Waals surface area contributed by atoms with E-state index in [1.54, 1.807) is 48.7 Å². The van der Waals surface area contributed by atoms with Crippen LogP contribution in [-0.2, 0) is 10.0 Å². The molecule has 138 valence electrons. The number of nitrogens with zero attached hydrogens (tertiary/aromatic N) is 1. The maximum atomic E-state index is 13.2. The first-order valence-electron chi connectivity index (χ1n) is 8.61. The van der Waals surface area contributed by atoms with E-state index in [4.69, 9.17) is 0 Å². The number of aromatic nitrogens is 1. The monoisotopic (exact) mass is 388 g/mol. The number of pyridine rings is 1. The van der Waals surface area contributed by atoms with Crippen molar-refractivity contribution in [3.05, 3.63) is 102 Å². The zero-order valence-corrected chi connectivity index (χ0v) is 15.6. The van der Waals surface area contributed by atoms with Gasteiger partial charge in [0, 0.05) is 17.1 Å². The number of para-hydroxylation sites is 1. The average Bonchev–Trinajstić information content (AvgIpc) is 2.73. The SMILES string of the molecule is O=C(c1ccccc1NS(=O)(=O)c1ccccc1)c1nccc2ccccc12. The first kappa shape index (κ1) is 17.9. The molecular formula is C22H16N2O3S. The van der Waals surface area contributed by atoms with Crippen LogP contribution in [0.5, 0.6) is 0 Å². The Labute approximate surface area is 162 Å². The second kappa shape index (κ2) is 7.25. The smallest absolute Gasteiger partial charge is 0.261 e. The zero-order valence-electron chi connectivity index (χ0n) is 14.7. The van der Waals surface area contributed by atoms with Crippen LogP contribution >= 0.6 is 0 Å².